The molecule has 5 nitrogen and oxygen atoms in total. The summed E-state index contributed by atoms with van der Waals surface area (Å²) in [5.74, 6) is -4.11. The molecule has 0 spiro atoms. The molecule has 1 aromatic carbocycles. The number of aryl methyl sites for hydroxylation is 1. The van der Waals surface area contributed by atoms with Gasteiger partial charge >= 0.3 is 0 Å². The van der Waals surface area contributed by atoms with Crippen LogP contribution in [-0.4, -0.2) is 37.1 Å². The number of carbonyl (C=O) groups is 1. The van der Waals surface area contributed by atoms with Crippen molar-refractivity contribution in [1.29, 1.82) is 0 Å². The van der Waals surface area contributed by atoms with Crippen LogP contribution in [0, 0.1) is 24.4 Å². The van der Waals surface area contributed by atoms with Gasteiger partial charge in [-0.1, -0.05) is 0 Å². The van der Waals surface area contributed by atoms with E-state index in [4.69, 9.17) is 0 Å². The summed E-state index contributed by atoms with van der Waals surface area (Å²) in [5.41, 5.74) is 1.98. The molecule has 2 N–H and O–H groups in total. The molecule has 2 aromatic rings. The van der Waals surface area contributed by atoms with Crippen molar-refractivity contribution in [2.24, 2.45) is 0 Å². The molecule has 3 rings (SSSR count). The van der Waals surface area contributed by atoms with Crippen LogP contribution in [0.3, 0.4) is 0 Å². The molecule has 1 saturated carbocycles. The molecule has 0 bridgehead atoms. The Bertz CT molecular complexity index is 879. The van der Waals surface area contributed by atoms with E-state index in [1.165, 1.54) is 0 Å². The summed E-state index contributed by atoms with van der Waals surface area (Å²) in [6.07, 6.45) is 4.93. The lowest BCUT2D eigenvalue weighted by molar-refractivity contribution is 0.0925. The molecule has 0 radical (unpaired) electrons. The van der Waals surface area contributed by atoms with Crippen LogP contribution in [-0.2, 0) is 0 Å². The smallest absolute Gasteiger partial charge is 0.251 e. The second-order valence-corrected chi connectivity index (χ2v) is 7.67. The van der Waals surface area contributed by atoms with E-state index >= 15 is 0 Å². The first kappa shape index (κ1) is 23.8. The summed E-state index contributed by atoms with van der Waals surface area (Å²) >= 11 is 0. The Balaban J connectivity index is 0.00000320. The number of nitrogens with zero attached hydrogens (tertiary/aromatic N) is 2. The topological polar surface area (TPSA) is 57.3 Å². The van der Waals surface area contributed by atoms with Crippen molar-refractivity contribution in [3.8, 4) is 0 Å². The fourth-order valence-corrected chi connectivity index (χ4v) is 3.62. The van der Waals surface area contributed by atoms with Gasteiger partial charge in [-0.05, 0) is 50.3 Å². The fourth-order valence-electron chi connectivity index (χ4n) is 3.62. The van der Waals surface area contributed by atoms with E-state index in [-0.39, 0.29) is 30.1 Å². The minimum atomic E-state index is -1.57. The van der Waals surface area contributed by atoms with Crippen molar-refractivity contribution in [2.75, 3.05) is 24.3 Å². The van der Waals surface area contributed by atoms with Gasteiger partial charge in [0, 0.05) is 49.7 Å². The quantitative estimate of drug-likeness (QED) is 0.672. The molecule has 0 aliphatic heterocycles. The van der Waals surface area contributed by atoms with Crippen molar-refractivity contribution in [1.82, 2.24) is 10.3 Å². The normalized spacial score (nSPS) is 18.3. The third kappa shape index (κ3) is 5.56. The van der Waals surface area contributed by atoms with Crippen LogP contribution in [0.25, 0.3) is 0 Å². The Hall–Kier alpha value is -2.48. The summed E-state index contributed by atoms with van der Waals surface area (Å²) in [4.78, 5) is 18.7. The number of amides is 1. The van der Waals surface area contributed by atoms with Crippen molar-refractivity contribution in [2.45, 2.75) is 44.7 Å². The van der Waals surface area contributed by atoms with Crippen LogP contribution in [0.4, 0.5) is 24.7 Å². The van der Waals surface area contributed by atoms with Gasteiger partial charge in [-0.2, -0.15) is 0 Å². The first-order valence-electron chi connectivity index (χ1n) is 9.60. The zero-order chi connectivity index (χ0) is 21.1. The van der Waals surface area contributed by atoms with E-state index in [9.17, 15) is 18.0 Å². The summed E-state index contributed by atoms with van der Waals surface area (Å²) in [5, 5.41) is 6.22. The standard InChI is InChI=1S/C21H25F3N4O.ClH/c1-12-11-25-19(10-18(12)28(2)3)26-14-4-6-15(7-5-14)27-21(29)13-8-16(22)20(24)17(23)9-13;/h8-11,14-15H,4-7H2,1-3H3,(H,25,26)(H,27,29);1H/t14-,15+;. The molecule has 1 aromatic heterocycles. The molecular weight excluding hydrogens is 417 g/mol. The molecule has 1 aliphatic rings. The van der Waals surface area contributed by atoms with E-state index in [0.29, 0.717) is 12.1 Å². The summed E-state index contributed by atoms with van der Waals surface area (Å²) in [6, 6.07) is 3.58. The second kappa shape index (κ2) is 10.0. The molecule has 1 aliphatic carbocycles. The predicted octanol–water partition coefficient (Wildman–Crippen LogP) is 4.45. The maximum atomic E-state index is 13.3. The predicted molar refractivity (Wildman–Crippen MR) is 114 cm³/mol. The number of aromatic nitrogens is 1. The lowest BCUT2D eigenvalue weighted by atomic mass is 9.91. The monoisotopic (exact) mass is 442 g/mol. The summed E-state index contributed by atoms with van der Waals surface area (Å²) in [7, 11) is 3.97. The molecule has 164 valence electrons. The lowest BCUT2D eigenvalue weighted by Crippen LogP contribution is -2.40. The zero-order valence-corrected chi connectivity index (χ0v) is 18.0. The third-order valence-electron chi connectivity index (χ3n) is 5.22. The van der Waals surface area contributed by atoms with Crippen LogP contribution in [0.2, 0.25) is 0 Å². The SMILES string of the molecule is Cc1cnc(N[C@H]2CC[C@@H](NC(=O)c3cc(F)c(F)c(F)c3)CC2)cc1N(C)C.Cl. The number of carbonyl (C=O) groups excluding carboxylic acids is 1. The maximum Gasteiger partial charge on any atom is 0.251 e. The first-order valence-corrected chi connectivity index (χ1v) is 9.60. The van der Waals surface area contributed by atoms with E-state index < -0.39 is 23.4 Å². The van der Waals surface area contributed by atoms with Gasteiger partial charge in [-0.3, -0.25) is 4.79 Å². The van der Waals surface area contributed by atoms with Gasteiger partial charge < -0.3 is 15.5 Å². The van der Waals surface area contributed by atoms with E-state index in [2.05, 4.69) is 15.6 Å². The van der Waals surface area contributed by atoms with Crippen LogP contribution < -0.4 is 15.5 Å². The molecule has 0 unspecified atom stereocenters. The molecular formula is C21H26ClF3N4O. The number of rotatable bonds is 5. The van der Waals surface area contributed by atoms with Gasteiger partial charge in [-0.15, -0.1) is 12.4 Å². The number of hydrogen-bond donors (Lipinski definition) is 2. The Morgan fingerprint density at radius 3 is 2.17 bits per heavy atom. The number of hydrogen-bond acceptors (Lipinski definition) is 4. The highest BCUT2D eigenvalue weighted by Crippen LogP contribution is 2.25. The fraction of sp³-hybridized carbons (Fsp3) is 0.429. The molecule has 30 heavy (non-hydrogen) atoms. The van der Waals surface area contributed by atoms with Crippen LogP contribution in [0.15, 0.2) is 24.4 Å². The number of anilines is 2. The third-order valence-corrected chi connectivity index (χ3v) is 5.22. The Morgan fingerprint density at radius 2 is 1.60 bits per heavy atom. The number of halogens is 4. The van der Waals surface area contributed by atoms with Gasteiger partial charge in [0.2, 0.25) is 0 Å². The van der Waals surface area contributed by atoms with E-state index in [1.54, 1.807) is 0 Å². The van der Waals surface area contributed by atoms with Crippen LogP contribution in [0.1, 0.15) is 41.6 Å². The van der Waals surface area contributed by atoms with E-state index in [1.807, 2.05) is 38.2 Å². The van der Waals surface area contributed by atoms with Crippen molar-refractivity contribution in [3.05, 3.63) is 53.0 Å². The minimum absolute atomic E-state index is 0. The first-order chi connectivity index (χ1) is 13.7. The van der Waals surface area contributed by atoms with Gasteiger partial charge in [-0.25, -0.2) is 18.2 Å². The largest absolute Gasteiger partial charge is 0.377 e. The van der Waals surface area contributed by atoms with Gasteiger partial charge in [0.05, 0.1) is 0 Å². The maximum absolute atomic E-state index is 13.3. The van der Waals surface area contributed by atoms with Crippen LogP contribution >= 0.6 is 12.4 Å². The summed E-state index contributed by atoms with van der Waals surface area (Å²) < 4.78 is 39.7. The van der Waals surface area contributed by atoms with Crippen molar-refractivity contribution in [3.63, 3.8) is 0 Å². The lowest BCUT2D eigenvalue weighted by Gasteiger charge is -2.30. The summed E-state index contributed by atoms with van der Waals surface area (Å²) in [6.45, 7) is 2.01. The number of nitrogens with one attached hydrogen (secondary N) is 2. The molecule has 1 heterocycles. The zero-order valence-electron chi connectivity index (χ0n) is 17.1. The highest BCUT2D eigenvalue weighted by atomic mass is 35.5. The number of benzene rings is 1. The van der Waals surface area contributed by atoms with Crippen LogP contribution in [0.5, 0.6) is 0 Å². The number of pyridine rings is 1. The van der Waals surface area contributed by atoms with E-state index in [0.717, 1.165) is 42.8 Å². The molecule has 0 saturated heterocycles. The average molecular weight is 443 g/mol. The molecule has 0 atom stereocenters. The molecule has 1 fully saturated rings. The Labute approximate surface area is 180 Å². The minimum Gasteiger partial charge on any atom is -0.377 e. The highest BCUT2D eigenvalue weighted by Gasteiger charge is 2.24. The Kier molecular flexibility index (Phi) is 7.95. The van der Waals surface area contributed by atoms with Crippen molar-refractivity contribution >= 4 is 29.8 Å². The molecule has 1 amide bonds. The highest BCUT2D eigenvalue weighted by molar-refractivity contribution is 5.94. The van der Waals surface area contributed by atoms with Gasteiger partial charge in [0.25, 0.3) is 5.91 Å². The van der Waals surface area contributed by atoms with Gasteiger partial charge in [0.1, 0.15) is 5.82 Å². The molecule has 9 heteroatoms. The van der Waals surface area contributed by atoms with Gasteiger partial charge in [0.15, 0.2) is 17.5 Å². The average Bonchev–Trinajstić information content (AvgIpc) is 2.68. The van der Waals surface area contributed by atoms with Crippen molar-refractivity contribution < 1.29 is 18.0 Å². The second-order valence-electron chi connectivity index (χ2n) is 7.67. The Morgan fingerprint density at radius 1 is 1.03 bits per heavy atom.